The third-order valence-corrected chi connectivity index (χ3v) is 1.74. The Morgan fingerprint density at radius 2 is 2.17 bits per heavy atom. The summed E-state index contributed by atoms with van der Waals surface area (Å²) in [6.07, 6.45) is 1.80. The van der Waals surface area contributed by atoms with Gasteiger partial charge in [-0.2, -0.15) is 0 Å². The molecule has 0 bridgehead atoms. The van der Waals surface area contributed by atoms with Crippen LogP contribution in [0.4, 0.5) is 0 Å². The lowest BCUT2D eigenvalue weighted by atomic mass is 10.1. The average molecular weight is 173 g/mol. The number of Topliss-reactive ketones (excluding diaryl/α,β-unsaturated/α-hetero) is 1. The molecule has 0 aliphatic rings. The number of rotatable bonds is 7. The quantitative estimate of drug-likeness (QED) is 0.583. The molecule has 0 aromatic rings. The number of likely N-dealkylation sites (N-methyl/N-ethyl adjacent to an activating group) is 1. The zero-order valence-corrected chi connectivity index (χ0v) is 8.22. The monoisotopic (exact) mass is 173 g/mol. The average Bonchev–Trinajstić information content (AvgIpc) is 2.04. The van der Waals surface area contributed by atoms with Gasteiger partial charge in [-0.25, -0.2) is 0 Å². The summed E-state index contributed by atoms with van der Waals surface area (Å²) < 4.78 is 5.27. The van der Waals surface area contributed by atoms with Gasteiger partial charge in [0.15, 0.2) is 0 Å². The molecule has 0 saturated heterocycles. The van der Waals surface area contributed by atoms with Crippen molar-refractivity contribution in [3.05, 3.63) is 0 Å². The van der Waals surface area contributed by atoms with E-state index >= 15 is 0 Å². The molecular formula is C9H19NO2. The maximum atomic E-state index is 10.9. The zero-order chi connectivity index (χ0) is 9.40. The van der Waals surface area contributed by atoms with Gasteiger partial charge in [0.05, 0.1) is 6.04 Å². The Hall–Kier alpha value is -0.410. The predicted molar refractivity (Wildman–Crippen MR) is 49.3 cm³/mol. The van der Waals surface area contributed by atoms with E-state index in [4.69, 9.17) is 4.74 Å². The summed E-state index contributed by atoms with van der Waals surface area (Å²) in [5.74, 6) is 0.178. The van der Waals surface area contributed by atoms with Gasteiger partial charge < -0.3 is 10.1 Å². The van der Waals surface area contributed by atoms with E-state index in [-0.39, 0.29) is 11.8 Å². The van der Waals surface area contributed by atoms with Crippen LogP contribution in [0.25, 0.3) is 0 Å². The summed E-state index contributed by atoms with van der Waals surface area (Å²) in [7, 11) is 1.80. The number of ether oxygens (including phenoxy) is 1. The molecule has 0 heterocycles. The van der Waals surface area contributed by atoms with Crippen LogP contribution < -0.4 is 5.32 Å². The minimum atomic E-state index is -0.0399. The lowest BCUT2D eigenvalue weighted by Crippen LogP contribution is -2.33. The van der Waals surface area contributed by atoms with E-state index in [2.05, 4.69) is 12.2 Å². The van der Waals surface area contributed by atoms with Crippen LogP contribution >= 0.6 is 0 Å². The van der Waals surface area contributed by atoms with Crippen molar-refractivity contribution in [1.29, 1.82) is 0 Å². The molecule has 1 N–H and O–H groups in total. The summed E-state index contributed by atoms with van der Waals surface area (Å²) >= 11 is 0. The van der Waals surface area contributed by atoms with Gasteiger partial charge in [-0.3, -0.25) is 4.79 Å². The van der Waals surface area contributed by atoms with E-state index < -0.39 is 0 Å². The van der Waals surface area contributed by atoms with Crippen LogP contribution in [0.1, 0.15) is 26.7 Å². The van der Waals surface area contributed by atoms with Gasteiger partial charge in [-0.05, 0) is 26.8 Å². The Morgan fingerprint density at radius 3 is 2.58 bits per heavy atom. The Balaban J connectivity index is 3.38. The van der Waals surface area contributed by atoms with Crippen LogP contribution in [0.5, 0.6) is 0 Å². The summed E-state index contributed by atoms with van der Waals surface area (Å²) in [5, 5.41) is 2.95. The van der Waals surface area contributed by atoms with E-state index in [1.54, 1.807) is 14.0 Å². The topological polar surface area (TPSA) is 38.3 Å². The smallest absolute Gasteiger partial charge is 0.146 e. The molecule has 0 saturated carbocycles. The fraction of sp³-hybridized carbons (Fsp3) is 0.889. The molecule has 0 spiro atoms. The second kappa shape index (κ2) is 7.25. The lowest BCUT2D eigenvalue weighted by Gasteiger charge is -2.11. The van der Waals surface area contributed by atoms with Gasteiger partial charge >= 0.3 is 0 Å². The molecule has 0 rings (SSSR count). The van der Waals surface area contributed by atoms with Crippen LogP contribution in [-0.2, 0) is 9.53 Å². The second-order valence-electron chi connectivity index (χ2n) is 2.85. The van der Waals surface area contributed by atoms with Crippen molar-refractivity contribution in [1.82, 2.24) is 5.32 Å². The predicted octanol–water partition coefficient (Wildman–Crippen LogP) is 0.980. The van der Waals surface area contributed by atoms with Crippen LogP contribution in [-0.4, -0.2) is 32.1 Å². The van der Waals surface area contributed by atoms with Gasteiger partial charge in [0, 0.05) is 13.2 Å². The van der Waals surface area contributed by atoms with E-state index in [0.717, 1.165) is 19.4 Å². The number of carbonyl (C=O) groups excluding carboxylic acids is 1. The van der Waals surface area contributed by atoms with Crippen molar-refractivity contribution in [3.8, 4) is 0 Å². The van der Waals surface area contributed by atoms with Crippen molar-refractivity contribution >= 4 is 5.78 Å². The van der Waals surface area contributed by atoms with Crippen molar-refractivity contribution in [2.24, 2.45) is 0 Å². The molecule has 0 aliphatic heterocycles. The molecule has 0 aromatic carbocycles. The van der Waals surface area contributed by atoms with Gasteiger partial charge in [0.2, 0.25) is 0 Å². The molecule has 3 heteroatoms. The SMILES string of the molecule is CCCOCC[C@H](NC)C(C)=O. The standard InChI is InChI=1S/C9H19NO2/c1-4-6-12-7-5-9(10-3)8(2)11/h9-10H,4-7H2,1-3H3/t9-/m0/s1. The Kier molecular flexibility index (Phi) is 7.00. The minimum Gasteiger partial charge on any atom is -0.381 e. The molecule has 0 radical (unpaired) electrons. The van der Waals surface area contributed by atoms with Crippen molar-refractivity contribution < 1.29 is 9.53 Å². The van der Waals surface area contributed by atoms with E-state index in [1.807, 2.05) is 0 Å². The summed E-state index contributed by atoms with van der Waals surface area (Å²) in [4.78, 5) is 10.9. The molecule has 0 aliphatic carbocycles. The Bertz CT molecular complexity index is 126. The maximum absolute atomic E-state index is 10.9. The van der Waals surface area contributed by atoms with Gasteiger partial charge in [-0.15, -0.1) is 0 Å². The number of hydrogen-bond donors (Lipinski definition) is 1. The third kappa shape index (κ3) is 5.27. The molecule has 72 valence electrons. The molecule has 0 fully saturated rings. The highest BCUT2D eigenvalue weighted by molar-refractivity contribution is 5.81. The Morgan fingerprint density at radius 1 is 1.50 bits per heavy atom. The molecule has 12 heavy (non-hydrogen) atoms. The van der Waals surface area contributed by atoms with Crippen molar-refractivity contribution in [2.75, 3.05) is 20.3 Å². The molecular weight excluding hydrogens is 154 g/mol. The van der Waals surface area contributed by atoms with Crippen molar-refractivity contribution in [3.63, 3.8) is 0 Å². The normalized spacial score (nSPS) is 12.9. The number of carbonyl (C=O) groups is 1. The highest BCUT2D eigenvalue weighted by Crippen LogP contribution is 1.94. The number of ketones is 1. The highest BCUT2D eigenvalue weighted by atomic mass is 16.5. The zero-order valence-electron chi connectivity index (χ0n) is 8.22. The second-order valence-corrected chi connectivity index (χ2v) is 2.85. The van der Waals surface area contributed by atoms with Crippen LogP contribution in [0.3, 0.4) is 0 Å². The first-order valence-electron chi connectivity index (χ1n) is 4.47. The largest absolute Gasteiger partial charge is 0.381 e. The molecule has 0 unspecified atom stereocenters. The van der Waals surface area contributed by atoms with Crippen molar-refractivity contribution in [2.45, 2.75) is 32.7 Å². The lowest BCUT2D eigenvalue weighted by molar-refractivity contribution is -0.119. The first kappa shape index (κ1) is 11.6. The number of hydrogen-bond acceptors (Lipinski definition) is 3. The third-order valence-electron chi connectivity index (χ3n) is 1.74. The summed E-state index contributed by atoms with van der Waals surface area (Å²) in [6, 6.07) is -0.0399. The molecule has 1 atom stereocenters. The van der Waals surface area contributed by atoms with Gasteiger partial charge in [-0.1, -0.05) is 6.92 Å². The molecule has 3 nitrogen and oxygen atoms in total. The Labute approximate surface area is 74.5 Å². The van der Waals surface area contributed by atoms with Gasteiger partial charge in [0.25, 0.3) is 0 Å². The number of nitrogens with one attached hydrogen (secondary N) is 1. The molecule has 0 amide bonds. The fourth-order valence-electron chi connectivity index (χ4n) is 0.998. The fourth-order valence-corrected chi connectivity index (χ4v) is 0.998. The van der Waals surface area contributed by atoms with E-state index in [9.17, 15) is 4.79 Å². The van der Waals surface area contributed by atoms with Gasteiger partial charge in [0.1, 0.15) is 5.78 Å². The molecule has 0 aromatic heterocycles. The first-order valence-corrected chi connectivity index (χ1v) is 4.47. The van der Waals surface area contributed by atoms with Crippen LogP contribution in [0, 0.1) is 0 Å². The summed E-state index contributed by atoms with van der Waals surface area (Å²) in [6.45, 7) is 5.12. The maximum Gasteiger partial charge on any atom is 0.146 e. The minimum absolute atomic E-state index is 0.0399. The van der Waals surface area contributed by atoms with E-state index in [0.29, 0.717) is 6.61 Å². The van der Waals surface area contributed by atoms with E-state index in [1.165, 1.54) is 0 Å². The summed E-state index contributed by atoms with van der Waals surface area (Å²) in [5.41, 5.74) is 0. The highest BCUT2D eigenvalue weighted by Gasteiger charge is 2.09. The van der Waals surface area contributed by atoms with Crippen LogP contribution in [0.2, 0.25) is 0 Å². The first-order chi connectivity index (χ1) is 5.72. The van der Waals surface area contributed by atoms with Crippen LogP contribution in [0.15, 0.2) is 0 Å².